The molecular formula is C11H14BrNO. The second-order valence-electron chi connectivity index (χ2n) is 3.31. The summed E-state index contributed by atoms with van der Waals surface area (Å²) in [5.74, 6) is 0.157. The SMILES string of the molecule is CCCC(=O)c1c(Br)ccc(N)c1C. The van der Waals surface area contributed by atoms with E-state index >= 15 is 0 Å². The Bertz CT molecular complexity index is 361. The van der Waals surface area contributed by atoms with E-state index < -0.39 is 0 Å². The van der Waals surface area contributed by atoms with E-state index in [9.17, 15) is 4.79 Å². The van der Waals surface area contributed by atoms with Crippen LogP contribution in [0.25, 0.3) is 0 Å². The summed E-state index contributed by atoms with van der Waals surface area (Å²) in [4.78, 5) is 11.8. The van der Waals surface area contributed by atoms with Crippen LogP contribution in [-0.2, 0) is 0 Å². The van der Waals surface area contributed by atoms with Crippen LogP contribution in [0.15, 0.2) is 16.6 Å². The van der Waals surface area contributed by atoms with Crippen molar-refractivity contribution >= 4 is 27.4 Å². The number of carbonyl (C=O) groups is 1. The van der Waals surface area contributed by atoms with Crippen LogP contribution in [-0.4, -0.2) is 5.78 Å². The number of Topliss-reactive ketones (excluding diaryl/α,β-unsaturated/α-hetero) is 1. The molecule has 0 heterocycles. The van der Waals surface area contributed by atoms with Crippen molar-refractivity contribution in [2.24, 2.45) is 0 Å². The Kier molecular flexibility index (Phi) is 3.69. The summed E-state index contributed by atoms with van der Waals surface area (Å²) in [6.45, 7) is 3.87. The largest absolute Gasteiger partial charge is 0.398 e. The first-order valence-electron chi connectivity index (χ1n) is 4.65. The minimum Gasteiger partial charge on any atom is -0.398 e. The number of hydrogen-bond acceptors (Lipinski definition) is 2. The zero-order chi connectivity index (χ0) is 10.7. The van der Waals surface area contributed by atoms with Crippen LogP contribution in [0.2, 0.25) is 0 Å². The van der Waals surface area contributed by atoms with Gasteiger partial charge in [0.2, 0.25) is 0 Å². The molecule has 0 aliphatic heterocycles. The van der Waals surface area contributed by atoms with Gasteiger partial charge in [-0.3, -0.25) is 4.79 Å². The highest BCUT2D eigenvalue weighted by Gasteiger charge is 2.13. The minimum atomic E-state index is 0.157. The predicted octanol–water partition coefficient (Wildman–Crippen LogP) is 3.32. The fraction of sp³-hybridized carbons (Fsp3) is 0.364. The molecule has 2 N–H and O–H groups in total. The lowest BCUT2D eigenvalue weighted by atomic mass is 10.0. The summed E-state index contributed by atoms with van der Waals surface area (Å²) < 4.78 is 0.836. The van der Waals surface area contributed by atoms with Gasteiger partial charge in [-0.15, -0.1) is 0 Å². The van der Waals surface area contributed by atoms with Crippen molar-refractivity contribution in [3.63, 3.8) is 0 Å². The average molecular weight is 256 g/mol. The molecule has 1 aromatic carbocycles. The molecule has 0 saturated carbocycles. The van der Waals surface area contributed by atoms with E-state index in [1.807, 2.05) is 26.0 Å². The maximum Gasteiger partial charge on any atom is 0.164 e. The monoisotopic (exact) mass is 255 g/mol. The summed E-state index contributed by atoms with van der Waals surface area (Å²) >= 11 is 3.38. The molecule has 0 amide bonds. The number of nitrogen functional groups attached to an aromatic ring is 1. The van der Waals surface area contributed by atoms with Gasteiger partial charge in [0, 0.05) is 22.1 Å². The smallest absolute Gasteiger partial charge is 0.164 e. The van der Waals surface area contributed by atoms with Crippen molar-refractivity contribution in [2.75, 3.05) is 5.73 Å². The lowest BCUT2D eigenvalue weighted by Gasteiger charge is -2.09. The Morgan fingerprint density at radius 1 is 1.50 bits per heavy atom. The number of anilines is 1. The molecule has 0 saturated heterocycles. The van der Waals surface area contributed by atoms with E-state index in [0.717, 1.165) is 22.0 Å². The molecule has 14 heavy (non-hydrogen) atoms. The average Bonchev–Trinajstić information content (AvgIpc) is 2.13. The van der Waals surface area contributed by atoms with Crippen LogP contribution in [0, 0.1) is 6.92 Å². The van der Waals surface area contributed by atoms with Crippen molar-refractivity contribution in [1.29, 1.82) is 0 Å². The third-order valence-electron chi connectivity index (χ3n) is 2.21. The highest BCUT2D eigenvalue weighted by molar-refractivity contribution is 9.10. The van der Waals surface area contributed by atoms with Gasteiger partial charge in [-0.25, -0.2) is 0 Å². The Hall–Kier alpha value is -0.830. The second-order valence-corrected chi connectivity index (χ2v) is 4.16. The molecule has 2 nitrogen and oxygen atoms in total. The first-order valence-corrected chi connectivity index (χ1v) is 5.45. The van der Waals surface area contributed by atoms with Gasteiger partial charge in [0.05, 0.1) is 0 Å². The first-order chi connectivity index (χ1) is 6.57. The molecule has 0 spiro atoms. The van der Waals surface area contributed by atoms with Gasteiger partial charge in [0.25, 0.3) is 0 Å². The van der Waals surface area contributed by atoms with Crippen molar-refractivity contribution in [1.82, 2.24) is 0 Å². The standard InChI is InChI=1S/C11H14BrNO/c1-3-4-10(14)11-7(2)9(13)6-5-8(11)12/h5-6H,3-4,13H2,1-2H3. The number of carbonyl (C=O) groups excluding carboxylic acids is 1. The zero-order valence-corrected chi connectivity index (χ0v) is 10.0. The van der Waals surface area contributed by atoms with Crippen LogP contribution >= 0.6 is 15.9 Å². The Labute approximate surface area is 92.6 Å². The van der Waals surface area contributed by atoms with Crippen molar-refractivity contribution in [3.05, 3.63) is 27.7 Å². The Morgan fingerprint density at radius 2 is 2.14 bits per heavy atom. The fourth-order valence-corrected chi connectivity index (χ4v) is 2.04. The molecule has 0 aliphatic carbocycles. The van der Waals surface area contributed by atoms with Crippen molar-refractivity contribution < 1.29 is 4.79 Å². The molecule has 0 bridgehead atoms. The molecular weight excluding hydrogens is 242 g/mol. The van der Waals surface area contributed by atoms with Crippen LogP contribution < -0.4 is 5.73 Å². The van der Waals surface area contributed by atoms with Gasteiger partial charge < -0.3 is 5.73 Å². The molecule has 3 heteroatoms. The fourth-order valence-electron chi connectivity index (χ4n) is 1.39. The van der Waals surface area contributed by atoms with Gasteiger partial charge in [-0.1, -0.05) is 22.9 Å². The maximum atomic E-state index is 11.8. The van der Waals surface area contributed by atoms with Gasteiger partial charge in [-0.05, 0) is 31.0 Å². The maximum absolute atomic E-state index is 11.8. The first kappa shape index (κ1) is 11.2. The quantitative estimate of drug-likeness (QED) is 0.665. The molecule has 1 aromatic rings. The van der Waals surface area contributed by atoms with Gasteiger partial charge in [0.15, 0.2) is 5.78 Å². The highest BCUT2D eigenvalue weighted by atomic mass is 79.9. The zero-order valence-electron chi connectivity index (χ0n) is 8.43. The lowest BCUT2D eigenvalue weighted by Crippen LogP contribution is -2.04. The predicted molar refractivity (Wildman–Crippen MR) is 62.5 cm³/mol. The number of hydrogen-bond donors (Lipinski definition) is 1. The molecule has 0 aromatic heterocycles. The molecule has 0 fully saturated rings. The van der Waals surface area contributed by atoms with E-state index in [1.165, 1.54) is 0 Å². The second kappa shape index (κ2) is 4.60. The van der Waals surface area contributed by atoms with Crippen molar-refractivity contribution in [2.45, 2.75) is 26.7 Å². The number of rotatable bonds is 3. The lowest BCUT2D eigenvalue weighted by molar-refractivity contribution is 0.0980. The van der Waals surface area contributed by atoms with Crippen LogP contribution in [0.4, 0.5) is 5.69 Å². The van der Waals surface area contributed by atoms with E-state index in [-0.39, 0.29) is 5.78 Å². The summed E-state index contributed by atoms with van der Waals surface area (Å²) in [7, 11) is 0. The number of halogens is 1. The van der Waals surface area contributed by atoms with Gasteiger partial charge in [0.1, 0.15) is 0 Å². The summed E-state index contributed by atoms with van der Waals surface area (Å²) in [6.07, 6.45) is 1.43. The normalized spacial score (nSPS) is 10.2. The molecule has 76 valence electrons. The van der Waals surface area contributed by atoms with Crippen molar-refractivity contribution in [3.8, 4) is 0 Å². The third-order valence-corrected chi connectivity index (χ3v) is 2.87. The Morgan fingerprint density at radius 3 is 2.71 bits per heavy atom. The summed E-state index contributed by atoms with van der Waals surface area (Å²) in [5.41, 5.74) is 8.03. The highest BCUT2D eigenvalue weighted by Crippen LogP contribution is 2.26. The van der Waals surface area contributed by atoms with E-state index in [0.29, 0.717) is 12.1 Å². The third kappa shape index (κ3) is 2.15. The van der Waals surface area contributed by atoms with Crippen LogP contribution in [0.1, 0.15) is 35.7 Å². The Balaban J connectivity index is 3.18. The van der Waals surface area contributed by atoms with Crippen LogP contribution in [0.5, 0.6) is 0 Å². The summed E-state index contributed by atoms with van der Waals surface area (Å²) in [5, 5.41) is 0. The molecule has 0 atom stereocenters. The topological polar surface area (TPSA) is 43.1 Å². The van der Waals surface area contributed by atoms with E-state index in [2.05, 4.69) is 15.9 Å². The molecule has 0 radical (unpaired) electrons. The van der Waals surface area contributed by atoms with Crippen LogP contribution in [0.3, 0.4) is 0 Å². The van der Waals surface area contributed by atoms with Gasteiger partial charge >= 0.3 is 0 Å². The molecule has 0 aliphatic rings. The summed E-state index contributed by atoms with van der Waals surface area (Å²) in [6, 6.07) is 3.63. The number of ketones is 1. The minimum absolute atomic E-state index is 0.157. The van der Waals surface area contributed by atoms with E-state index in [4.69, 9.17) is 5.73 Å². The van der Waals surface area contributed by atoms with Gasteiger partial charge in [-0.2, -0.15) is 0 Å². The van der Waals surface area contributed by atoms with E-state index in [1.54, 1.807) is 0 Å². The molecule has 0 unspecified atom stereocenters. The molecule has 1 rings (SSSR count). The number of nitrogens with two attached hydrogens (primary N) is 1. The number of benzene rings is 1.